The second-order valence-electron chi connectivity index (χ2n) is 7.66. The fraction of sp³-hybridized carbons (Fsp3) is 0.429. The summed E-state index contributed by atoms with van der Waals surface area (Å²) < 4.78 is 9.87. The summed E-state index contributed by atoms with van der Waals surface area (Å²) in [4.78, 5) is 48.7. The number of hydrogen-bond donors (Lipinski definition) is 0. The Morgan fingerprint density at radius 3 is 2.35 bits per heavy atom. The Labute approximate surface area is 180 Å². The maximum absolute atomic E-state index is 13.2. The number of carbonyl (C=O) groups is 3. The van der Waals surface area contributed by atoms with Crippen LogP contribution in [0.2, 0.25) is 0 Å². The van der Waals surface area contributed by atoms with Crippen LogP contribution in [0.15, 0.2) is 40.7 Å². The first-order chi connectivity index (χ1) is 14.8. The Morgan fingerprint density at radius 1 is 1.06 bits per heavy atom. The minimum atomic E-state index is -0.724. The van der Waals surface area contributed by atoms with Gasteiger partial charge in [-0.15, -0.1) is 0 Å². The van der Waals surface area contributed by atoms with Crippen LogP contribution in [0.5, 0.6) is 5.75 Å². The van der Waals surface area contributed by atoms with E-state index in [-0.39, 0.29) is 0 Å². The van der Waals surface area contributed by atoms with Crippen molar-refractivity contribution in [1.29, 1.82) is 0 Å². The van der Waals surface area contributed by atoms with Crippen molar-refractivity contribution in [1.82, 2.24) is 19.6 Å². The van der Waals surface area contributed by atoms with E-state index < -0.39 is 36.7 Å². The van der Waals surface area contributed by atoms with Gasteiger partial charge in [0.25, 0.3) is 5.91 Å². The second-order valence-corrected chi connectivity index (χ2v) is 7.66. The number of imide groups is 1. The van der Waals surface area contributed by atoms with Crippen LogP contribution < -0.4 is 4.74 Å². The molecular weight excluding hydrogens is 402 g/mol. The number of urea groups is 1. The molecule has 3 amide bonds. The number of rotatable bonds is 5. The molecule has 0 radical (unpaired) electrons. The predicted molar refractivity (Wildman–Crippen MR) is 111 cm³/mol. The normalized spacial score (nSPS) is 22.7. The van der Waals surface area contributed by atoms with Crippen LogP contribution in [0.25, 0.3) is 0 Å². The smallest absolute Gasteiger partial charge is 0.328 e. The van der Waals surface area contributed by atoms with E-state index in [2.05, 4.69) is 4.74 Å². The lowest BCUT2D eigenvalue weighted by Gasteiger charge is -2.40. The van der Waals surface area contributed by atoms with E-state index in [4.69, 9.17) is 9.73 Å². The average Bonchev–Trinajstić information content (AvgIpc) is 3.27. The summed E-state index contributed by atoms with van der Waals surface area (Å²) in [5.74, 6) is 0.277. The van der Waals surface area contributed by atoms with Gasteiger partial charge < -0.3 is 19.3 Å². The number of guanidine groups is 1. The number of likely N-dealkylation sites (N-methyl/N-ethyl adjacent to an activating group) is 1. The average molecular weight is 427 g/mol. The molecule has 0 N–H and O–H groups in total. The van der Waals surface area contributed by atoms with Crippen LogP contribution in [0, 0.1) is 0 Å². The molecule has 31 heavy (non-hydrogen) atoms. The first-order valence-electron chi connectivity index (χ1n) is 9.88. The lowest BCUT2D eigenvalue weighted by Crippen LogP contribution is -2.65. The van der Waals surface area contributed by atoms with Gasteiger partial charge in [0, 0.05) is 18.4 Å². The van der Waals surface area contributed by atoms with Gasteiger partial charge >= 0.3 is 12.0 Å². The van der Waals surface area contributed by atoms with E-state index in [1.54, 1.807) is 14.2 Å². The molecule has 3 aliphatic rings. The highest BCUT2D eigenvalue weighted by atomic mass is 16.5. The molecule has 4 rings (SSSR count). The van der Waals surface area contributed by atoms with Gasteiger partial charge in [-0.1, -0.05) is 12.1 Å². The van der Waals surface area contributed by atoms with Crippen LogP contribution in [-0.4, -0.2) is 83.5 Å². The third kappa shape index (κ3) is 3.18. The number of ether oxygens (including phenoxy) is 2. The summed E-state index contributed by atoms with van der Waals surface area (Å²) in [6, 6.07) is 6.45. The molecule has 2 unspecified atom stereocenters. The fourth-order valence-corrected chi connectivity index (χ4v) is 4.12. The van der Waals surface area contributed by atoms with E-state index in [1.165, 1.54) is 12.0 Å². The van der Waals surface area contributed by atoms with Crippen LogP contribution >= 0.6 is 0 Å². The number of hydrogen-bond acceptors (Lipinski definition) is 8. The fourth-order valence-electron chi connectivity index (χ4n) is 4.12. The Balaban J connectivity index is 1.64. The number of methoxy groups -OCH3 is 2. The zero-order valence-electron chi connectivity index (χ0n) is 18.2. The lowest BCUT2D eigenvalue weighted by molar-refractivity contribution is -0.148. The van der Waals surface area contributed by atoms with Crippen LogP contribution in [0.4, 0.5) is 4.79 Å². The number of allylic oxidation sites excluding steroid dienone is 2. The first-order valence-corrected chi connectivity index (χ1v) is 9.88. The molecular formula is C21H25N5O5. The van der Waals surface area contributed by atoms with E-state index in [0.29, 0.717) is 12.5 Å². The topological polar surface area (TPSA) is 95.0 Å². The van der Waals surface area contributed by atoms with Gasteiger partial charge in [-0.05, 0) is 31.5 Å². The molecule has 164 valence electrons. The van der Waals surface area contributed by atoms with Crippen molar-refractivity contribution >= 4 is 23.9 Å². The summed E-state index contributed by atoms with van der Waals surface area (Å²) in [6.45, 7) is 4.03. The third-order valence-electron chi connectivity index (χ3n) is 6.02. The molecule has 10 nitrogen and oxygen atoms in total. The molecule has 0 aromatic heterocycles. The van der Waals surface area contributed by atoms with E-state index in [0.717, 1.165) is 27.6 Å². The Morgan fingerprint density at radius 2 is 1.74 bits per heavy atom. The molecule has 2 atom stereocenters. The number of amides is 3. The van der Waals surface area contributed by atoms with Gasteiger partial charge in [-0.2, -0.15) is 0 Å². The Kier molecular flexibility index (Phi) is 5.08. The highest BCUT2D eigenvalue weighted by Crippen LogP contribution is 2.38. The van der Waals surface area contributed by atoms with Crippen molar-refractivity contribution in [2.75, 3.05) is 27.8 Å². The maximum Gasteiger partial charge on any atom is 0.328 e. The van der Waals surface area contributed by atoms with Crippen LogP contribution in [-0.2, 0) is 20.9 Å². The van der Waals surface area contributed by atoms with Crippen molar-refractivity contribution in [3.05, 3.63) is 41.2 Å². The molecule has 1 saturated heterocycles. The summed E-state index contributed by atoms with van der Waals surface area (Å²) in [7, 11) is 4.43. The lowest BCUT2D eigenvalue weighted by atomic mass is 10.1. The summed E-state index contributed by atoms with van der Waals surface area (Å²) in [5, 5.41) is 0. The zero-order chi connectivity index (χ0) is 22.4. The molecule has 0 saturated carbocycles. The minimum Gasteiger partial charge on any atom is -0.497 e. The molecule has 0 spiro atoms. The SMILES string of the molecule is COC(=O)CN1C(=O)C2C(N=C3N(Cc4ccc(OC)cc4)C(C)=C(C)N32)N(C)C1=O. The molecule has 10 heteroatoms. The number of carbonyl (C=O) groups excluding carboxylic acids is 3. The number of esters is 1. The summed E-state index contributed by atoms with van der Waals surface area (Å²) >= 11 is 0. The number of aliphatic imine (C=N–C) groups is 1. The van der Waals surface area contributed by atoms with Gasteiger partial charge in [-0.25, -0.2) is 9.79 Å². The molecule has 3 aliphatic heterocycles. The van der Waals surface area contributed by atoms with Crippen molar-refractivity contribution < 1.29 is 23.9 Å². The van der Waals surface area contributed by atoms with Crippen LogP contribution in [0.3, 0.4) is 0 Å². The van der Waals surface area contributed by atoms with E-state index in [1.807, 2.05) is 47.9 Å². The van der Waals surface area contributed by atoms with Crippen molar-refractivity contribution in [3.63, 3.8) is 0 Å². The monoisotopic (exact) mass is 427 g/mol. The minimum absolute atomic E-state index is 0.428. The third-order valence-corrected chi connectivity index (χ3v) is 6.02. The molecule has 1 aromatic rings. The number of benzene rings is 1. The molecule has 1 fully saturated rings. The maximum atomic E-state index is 13.2. The van der Waals surface area contributed by atoms with Crippen LogP contribution in [0.1, 0.15) is 19.4 Å². The number of fused-ring (bicyclic) bond motifs is 3. The van der Waals surface area contributed by atoms with E-state index in [9.17, 15) is 14.4 Å². The number of nitrogens with zero attached hydrogens (tertiary/aromatic N) is 5. The standard InChI is InChI=1S/C21H25N5O5/c1-12-13(2)26-17-18(23(3)21(29)25(19(17)28)11-16(27)31-5)22-20(26)24(12)10-14-6-8-15(30-4)9-7-14/h6-9,17-18H,10-11H2,1-5H3. The quantitative estimate of drug-likeness (QED) is 0.652. The van der Waals surface area contributed by atoms with Gasteiger partial charge in [0.1, 0.15) is 12.3 Å². The zero-order valence-corrected chi connectivity index (χ0v) is 18.2. The highest BCUT2D eigenvalue weighted by Gasteiger charge is 2.56. The molecule has 3 heterocycles. The second kappa shape index (κ2) is 7.60. The van der Waals surface area contributed by atoms with Gasteiger partial charge in [-0.3, -0.25) is 19.4 Å². The van der Waals surface area contributed by atoms with Crippen molar-refractivity contribution in [2.45, 2.75) is 32.6 Å². The van der Waals surface area contributed by atoms with Crippen molar-refractivity contribution in [3.8, 4) is 5.75 Å². The predicted octanol–water partition coefficient (Wildman–Crippen LogP) is 1.20. The van der Waals surface area contributed by atoms with Gasteiger partial charge in [0.2, 0.25) is 5.96 Å². The highest BCUT2D eigenvalue weighted by molar-refractivity contribution is 6.06. The largest absolute Gasteiger partial charge is 0.497 e. The molecule has 0 bridgehead atoms. The Hall–Kier alpha value is -3.56. The summed E-state index contributed by atoms with van der Waals surface area (Å²) in [5.41, 5.74) is 2.91. The Bertz CT molecular complexity index is 1000. The van der Waals surface area contributed by atoms with Crippen molar-refractivity contribution in [2.24, 2.45) is 4.99 Å². The summed E-state index contributed by atoms with van der Waals surface area (Å²) in [6.07, 6.45) is -0.662. The van der Waals surface area contributed by atoms with E-state index >= 15 is 0 Å². The van der Waals surface area contributed by atoms with Gasteiger partial charge in [0.15, 0.2) is 12.2 Å². The molecule has 0 aliphatic carbocycles. The molecule has 1 aromatic carbocycles. The first kappa shape index (κ1) is 20.7. The van der Waals surface area contributed by atoms with Gasteiger partial charge in [0.05, 0.1) is 20.8 Å².